The maximum atomic E-state index is 11.3. The molecule has 0 bridgehead atoms. The van der Waals surface area contributed by atoms with Crippen LogP contribution in [0.4, 0.5) is 0 Å². The summed E-state index contributed by atoms with van der Waals surface area (Å²) in [5.41, 5.74) is 1.14. The summed E-state index contributed by atoms with van der Waals surface area (Å²) in [4.78, 5) is 11.3. The summed E-state index contributed by atoms with van der Waals surface area (Å²) in [5, 5.41) is 4.06. The number of carbonyl (C=O) groups is 1. The summed E-state index contributed by atoms with van der Waals surface area (Å²) in [7, 11) is 1.88. The highest BCUT2D eigenvalue weighted by Gasteiger charge is 2.11. The molecule has 0 aliphatic carbocycles. The minimum absolute atomic E-state index is 0.120. The van der Waals surface area contributed by atoms with Gasteiger partial charge in [0.2, 0.25) is 0 Å². The standard InChI is InChI=1S/C10H16N2O/c1-4-10(13)8(2)5-9-6-11-12(3)7-9/h6-8H,4-5H2,1-3H3. The Balaban J connectivity index is 2.54. The number of nitrogens with zero attached hydrogens (tertiary/aromatic N) is 2. The van der Waals surface area contributed by atoms with Crippen LogP contribution in [0.25, 0.3) is 0 Å². The molecule has 0 N–H and O–H groups in total. The molecule has 0 spiro atoms. The predicted octanol–water partition coefficient (Wildman–Crippen LogP) is 1.58. The first-order valence-corrected chi connectivity index (χ1v) is 4.63. The summed E-state index contributed by atoms with van der Waals surface area (Å²) in [5.74, 6) is 0.443. The molecule has 0 saturated heterocycles. The quantitative estimate of drug-likeness (QED) is 0.705. The molecule has 1 unspecified atom stereocenters. The molecule has 1 rings (SSSR count). The third-order valence-corrected chi connectivity index (χ3v) is 2.20. The molecule has 13 heavy (non-hydrogen) atoms. The van der Waals surface area contributed by atoms with Gasteiger partial charge in [0.05, 0.1) is 6.20 Å². The third kappa shape index (κ3) is 2.68. The Morgan fingerprint density at radius 1 is 1.69 bits per heavy atom. The second-order valence-electron chi connectivity index (χ2n) is 3.45. The van der Waals surface area contributed by atoms with Gasteiger partial charge in [-0.1, -0.05) is 13.8 Å². The SMILES string of the molecule is CCC(=O)C(C)Cc1cnn(C)c1. The van der Waals surface area contributed by atoms with Gasteiger partial charge in [-0.2, -0.15) is 5.10 Å². The molecule has 0 amide bonds. The minimum atomic E-state index is 0.120. The van der Waals surface area contributed by atoms with Crippen molar-refractivity contribution in [1.29, 1.82) is 0 Å². The smallest absolute Gasteiger partial charge is 0.135 e. The molecule has 0 aromatic carbocycles. The largest absolute Gasteiger partial charge is 0.299 e. The molecule has 3 heteroatoms. The van der Waals surface area contributed by atoms with E-state index in [1.54, 1.807) is 4.68 Å². The fourth-order valence-electron chi connectivity index (χ4n) is 1.39. The van der Waals surface area contributed by atoms with Crippen molar-refractivity contribution in [1.82, 2.24) is 9.78 Å². The van der Waals surface area contributed by atoms with E-state index in [9.17, 15) is 4.79 Å². The molecular formula is C10H16N2O. The number of ketones is 1. The Morgan fingerprint density at radius 3 is 2.85 bits per heavy atom. The number of aromatic nitrogens is 2. The highest BCUT2D eigenvalue weighted by atomic mass is 16.1. The van der Waals surface area contributed by atoms with Gasteiger partial charge in [0.25, 0.3) is 0 Å². The van der Waals surface area contributed by atoms with Crippen LogP contribution in [0.2, 0.25) is 0 Å². The van der Waals surface area contributed by atoms with Gasteiger partial charge in [-0.3, -0.25) is 9.48 Å². The van der Waals surface area contributed by atoms with Gasteiger partial charge in [-0.25, -0.2) is 0 Å². The van der Waals surface area contributed by atoms with Crippen LogP contribution >= 0.6 is 0 Å². The summed E-state index contributed by atoms with van der Waals surface area (Å²) >= 11 is 0. The lowest BCUT2D eigenvalue weighted by atomic mass is 9.98. The Kier molecular flexibility index (Phi) is 3.23. The zero-order valence-corrected chi connectivity index (χ0v) is 8.45. The lowest BCUT2D eigenvalue weighted by Gasteiger charge is -2.05. The molecule has 1 aromatic rings. The average molecular weight is 180 g/mol. The van der Waals surface area contributed by atoms with Crippen molar-refractivity contribution in [2.45, 2.75) is 26.7 Å². The van der Waals surface area contributed by atoms with Crippen LogP contribution < -0.4 is 0 Å². The van der Waals surface area contributed by atoms with Gasteiger partial charge in [-0.15, -0.1) is 0 Å². The zero-order chi connectivity index (χ0) is 9.84. The summed E-state index contributed by atoms with van der Waals surface area (Å²) < 4.78 is 1.76. The van der Waals surface area contributed by atoms with Crippen molar-refractivity contribution in [2.75, 3.05) is 0 Å². The highest BCUT2D eigenvalue weighted by molar-refractivity contribution is 5.80. The topological polar surface area (TPSA) is 34.9 Å². The molecule has 72 valence electrons. The first kappa shape index (κ1) is 9.96. The third-order valence-electron chi connectivity index (χ3n) is 2.20. The van der Waals surface area contributed by atoms with Crippen molar-refractivity contribution in [2.24, 2.45) is 13.0 Å². The summed E-state index contributed by atoms with van der Waals surface area (Å²) in [6.45, 7) is 3.88. The van der Waals surface area contributed by atoms with Gasteiger partial charge in [0.15, 0.2) is 0 Å². The molecule has 0 aliphatic heterocycles. The Hall–Kier alpha value is -1.12. The maximum Gasteiger partial charge on any atom is 0.135 e. The Labute approximate surface area is 78.8 Å². The van der Waals surface area contributed by atoms with Gasteiger partial charge in [-0.05, 0) is 12.0 Å². The fourth-order valence-corrected chi connectivity index (χ4v) is 1.39. The number of Topliss-reactive ketones (excluding diaryl/α,β-unsaturated/α-hetero) is 1. The number of hydrogen-bond acceptors (Lipinski definition) is 2. The van der Waals surface area contributed by atoms with Gasteiger partial charge >= 0.3 is 0 Å². The van der Waals surface area contributed by atoms with E-state index in [1.165, 1.54) is 0 Å². The number of aryl methyl sites for hydroxylation is 1. The van der Waals surface area contributed by atoms with Crippen LogP contribution in [0.5, 0.6) is 0 Å². The van der Waals surface area contributed by atoms with Crippen LogP contribution in [0.3, 0.4) is 0 Å². The van der Waals surface area contributed by atoms with Crippen molar-refractivity contribution < 1.29 is 4.79 Å². The van der Waals surface area contributed by atoms with E-state index in [-0.39, 0.29) is 5.92 Å². The van der Waals surface area contributed by atoms with E-state index in [0.717, 1.165) is 12.0 Å². The first-order chi connectivity index (χ1) is 6.13. The first-order valence-electron chi connectivity index (χ1n) is 4.63. The Morgan fingerprint density at radius 2 is 2.38 bits per heavy atom. The number of hydrogen-bond donors (Lipinski definition) is 0. The number of carbonyl (C=O) groups excluding carboxylic acids is 1. The highest BCUT2D eigenvalue weighted by Crippen LogP contribution is 2.09. The molecule has 1 atom stereocenters. The molecule has 0 radical (unpaired) electrons. The zero-order valence-electron chi connectivity index (χ0n) is 8.45. The molecule has 3 nitrogen and oxygen atoms in total. The van der Waals surface area contributed by atoms with Crippen LogP contribution in [0.1, 0.15) is 25.8 Å². The van der Waals surface area contributed by atoms with E-state index in [2.05, 4.69) is 5.10 Å². The second-order valence-corrected chi connectivity index (χ2v) is 3.45. The van der Waals surface area contributed by atoms with Gasteiger partial charge in [0, 0.05) is 25.6 Å². The Bertz CT molecular complexity index is 291. The maximum absolute atomic E-state index is 11.3. The van der Waals surface area contributed by atoms with Crippen LogP contribution in [0, 0.1) is 5.92 Å². The van der Waals surface area contributed by atoms with E-state index in [1.807, 2.05) is 33.3 Å². The second kappa shape index (κ2) is 4.21. The van der Waals surface area contributed by atoms with Crippen molar-refractivity contribution >= 4 is 5.78 Å². The lowest BCUT2D eigenvalue weighted by Crippen LogP contribution is -2.11. The number of rotatable bonds is 4. The normalized spacial score (nSPS) is 12.8. The van der Waals surface area contributed by atoms with E-state index < -0.39 is 0 Å². The molecule has 1 aromatic heterocycles. The van der Waals surface area contributed by atoms with Crippen LogP contribution in [-0.2, 0) is 18.3 Å². The summed E-state index contributed by atoms with van der Waals surface area (Å²) in [6, 6.07) is 0. The monoisotopic (exact) mass is 180 g/mol. The van der Waals surface area contributed by atoms with Crippen molar-refractivity contribution in [3.8, 4) is 0 Å². The fraction of sp³-hybridized carbons (Fsp3) is 0.600. The molecule has 0 saturated carbocycles. The van der Waals surface area contributed by atoms with Crippen molar-refractivity contribution in [3.63, 3.8) is 0 Å². The van der Waals surface area contributed by atoms with E-state index in [0.29, 0.717) is 12.2 Å². The predicted molar refractivity (Wildman–Crippen MR) is 51.4 cm³/mol. The van der Waals surface area contributed by atoms with E-state index >= 15 is 0 Å². The molecule has 0 fully saturated rings. The lowest BCUT2D eigenvalue weighted by molar-refractivity contribution is -0.122. The molecular weight excluding hydrogens is 164 g/mol. The molecule has 1 heterocycles. The molecule has 0 aliphatic rings. The summed E-state index contributed by atoms with van der Waals surface area (Å²) in [6.07, 6.45) is 5.21. The van der Waals surface area contributed by atoms with Gasteiger partial charge in [0.1, 0.15) is 5.78 Å². The minimum Gasteiger partial charge on any atom is -0.299 e. The van der Waals surface area contributed by atoms with Crippen LogP contribution in [-0.4, -0.2) is 15.6 Å². The van der Waals surface area contributed by atoms with Gasteiger partial charge < -0.3 is 0 Å². The average Bonchev–Trinajstić information content (AvgIpc) is 2.49. The van der Waals surface area contributed by atoms with E-state index in [4.69, 9.17) is 0 Å². The van der Waals surface area contributed by atoms with Crippen molar-refractivity contribution in [3.05, 3.63) is 18.0 Å². The van der Waals surface area contributed by atoms with Crippen LogP contribution in [0.15, 0.2) is 12.4 Å².